The van der Waals surface area contributed by atoms with Gasteiger partial charge in [0.25, 0.3) is 0 Å². The number of aromatic hydroxyl groups is 1. The lowest BCUT2D eigenvalue weighted by Crippen LogP contribution is -2.35. The van der Waals surface area contributed by atoms with Gasteiger partial charge < -0.3 is 9.84 Å². The SMILES string of the molecule is COc1cc(CNN(C)c2nc(-c3ccccc3)cc(-c3ccc(Br)cc3)n2)ccc1O. The second-order valence-electron chi connectivity index (χ2n) is 7.21. The van der Waals surface area contributed by atoms with Crippen molar-refractivity contribution < 1.29 is 9.84 Å². The highest BCUT2D eigenvalue weighted by Crippen LogP contribution is 2.28. The molecule has 0 amide bonds. The maximum atomic E-state index is 9.81. The molecule has 32 heavy (non-hydrogen) atoms. The van der Waals surface area contributed by atoms with Crippen molar-refractivity contribution in [2.24, 2.45) is 0 Å². The van der Waals surface area contributed by atoms with Crippen LogP contribution in [0.15, 0.2) is 83.3 Å². The molecule has 4 rings (SSSR count). The fourth-order valence-corrected chi connectivity index (χ4v) is 3.49. The van der Waals surface area contributed by atoms with E-state index in [1.807, 2.05) is 73.8 Å². The van der Waals surface area contributed by atoms with Crippen LogP contribution >= 0.6 is 15.9 Å². The molecule has 0 fully saturated rings. The minimum absolute atomic E-state index is 0.114. The van der Waals surface area contributed by atoms with E-state index in [2.05, 4.69) is 21.4 Å². The molecule has 0 unspecified atom stereocenters. The highest BCUT2D eigenvalue weighted by Gasteiger charge is 2.12. The molecule has 0 spiro atoms. The van der Waals surface area contributed by atoms with Gasteiger partial charge in [-0.05, 0) is 35.9 Å². The lowest BCUT2D eigenvalue weighted by Gasteiger charge is -2.20. The third-order valence-corrected chi connectivity index (χ3v) is 5.52. The molecule has 0 aliphatic rings. The molecule has 0 bridgehead atoms. The number of hydrazine groups is 1. The Balaban J connectivity index is 1.64. The van der Waals surface area contributed by atoms with Crippen LogP contribution in [0.4, 0.5) is 5.95 Å². The normalized spacial score (nSPS) is 10.7. The first-order chi connectivity index (χ1) is 15.5. The standard InChI is InChI=1S/C25H23BrN4O2/c1-30(27-16-17-8-13-23(31)24(14-17)32-2)25-28-21(18-6-4-3-5-7-18)15-22(29-25)19-9-11-20(26)12-10-19/h3-15,27,31H,16H2,1-2H3. The molecule has 3 aromatic carbocycles. The van der Waals surface area contributed by atoms with Crippen molar-refractivity contribution in [2.45, 2.75) is 6.54 Å². The Labute approximate surface area is 195 Å². The Morgan fingerprint density at radius 3 is 2.22 bits per heavy atom. The number of methoxy groups -OCH3 is 1. The topological polar surface area (TPSA) is 70.5 Å². The summed E-state index contributed by atoms with van der Waals surface area (Å²) in [7, 11) is 3.41. The lowest BCUT2D eigenvalue weighted by atomic mass is 10.1. The summed E-state index contributed by atoms with van der Waals surface area (Å²) in [5, 5.41) is 11.6. The number of anilines is 1. The van der Waals surface area contributed by atoms with Gasteiger partial charge in [0.15, 0.2) is 11.5 Å². The molecule has 4 aromatic rings. The van der Waals surface area contributed by atoms with E-state index in [1.54, 1.807) is 17.1 Å². The average Bonchev–Trinajstić information content (AvgIpc) is 2.84. The first kappa shape index (κ1) is 21.8. The summed E-state index contributed by atoms with van der Waals surface area (Å²) in [5.41, 5.74) is 7.97. The molecule has 0 aliphatic carbocycles. The van der Waals surface area contributed by atoms with E-state index >= 15 is 0 Å². The van der Waals surface area contributed by atoms with Gasteiger partial charge in [-0.15, -0.1) is 0 Å². The Hall–Kier alpha value is -3.42. The quantitative estimate of drug-likeness (QED) is 0.336. The second-order valence-corrected chi connectivity index (χ2v) is 8.13. The highest BCUT2D eigenvalue weighted by atomic mass is 79.9. The van der Waals surface area contributed by atoms with Gasteiger partial charge in [0.2, 0.25) is 5.95 Å². The van der Waals surface area contributed by atoms with Crippen molar-refractivity contribution in [2.75, 3.05) is 19.2 Å². The van der Waals surface area contributed by atoms with Crippen LogP contribution in [-0.2, 0) is 6.54 Å². The number of ether oxygens (including phenoxy) is 1. The minimum atomic E-state index is 0.114. The molecule has 0 radical (unpaired) electrons. The number of nitrogens with one attached hydrogen (secondary N) is 1. The first-order valence-electron chi connectivity index (χ1n) is 10.1. The smallest absolute Gasteiger partial charge is 0.240 e. The number of hydrogen-bond donors (Lipinski definition) is 2. The molecule has 1 aromatic heterocycles. The fourth-order valence-electron chi connectivity index (χ4n) is 3.22. The predicted molar refractivity (Wildman–Crippen MR) is 131 cm³/mol. The van der Waals surface area contributed by atoms with Gasteiger partial charge in [0.1, 0.15) is 0 Å². The van der Waals surface area contributed by atoms with Crippen molar-refractivity contribution in [3.63, 3.8) is 0 Å². The molecule has 162 valence electrons. The van der Waals surface area contributed by atoms with Crippen LogP contribution < -0.4 is 15.2 Å². The van der Waals surface area contributed by atoms with Gasteiger partial charge in [-0.3, -0.25) is 5.01 Å². The van der Waals surface area contributed by atoms with E-state index in [9.17, 15) is 5.11 Å². The zero-order chi connectivity index (χ0) is 22.5. The summed E-state index contributed by atoms with van der Waals surface area (Å²) in [6.07, 6.45) is 0. The number of aromatic nitrogens is 2. The number of hydrogen-bond acceptors (Lipinski definition) is 6. The van der Waals surface area contributed by atoms with Gasteiger partial charge in [0.05, 0.1) is 18.5 Å². The predicted octanol–water partition coefficient (Wildman–Crippen LogP) is 5.43. The van der Waals surface area contributed by atoms with Gasteiger partial charge in [-0.2, -0.15) is 0 Å². The van der Waals surface area contributed by atoms with E-state index < -0.39 is 0 Å². The largest absolute Gasteiger partial charge is 0.504 e. The monoisotopic (exact) mass is 490 g/mol. The minimum Gasteiger partial charge on any atom is -0.504 e. The Morgan fingerprint density at radius 2 is 1.56 bits per heavy atom. The number of phenolic OH excluding ortho intramolecular Hbond substituents is 1. The molecule has 0 saturated carbocycles. The third kappa shape index (κ3) is 5.07. The zero-order valence-electron chi connectivity index (χ0n) is 17.8. The highest BCUT2D eigenvalue weighted by molar-refractivity contribution is 9.10. The molecule has 0 saturated heterocycles. The number of benzene rings is 3. The van der Waals surface area contributed by atoms with Crippen LogP contribution in [-0.4, -0.2) is 29.2 Å². The van der Waals surface area contributed by atoms with E-state index in [-0.39, 0.29) is 5.75 Å². The summed E-state index contributed by atoms with van der Waals surface area (Å²) in [4.78, 5) is 9.58. The van der Waals surface area contributed by atoms with Crippen LogP contribution in [0, 0.1) is 0 Å². The van der Waals surface area contributed by atoms with Gasteiger partial charge in [0, 0.05) is 29.2 Å². The zero-order valence-corrected chi connectivity index (χ0v) is 19.4. The van der Waals surface area contributed by atoms with Crippen LogP contribution in [0.5, 0.6) is 11.5 Å². The molecular weight excluding hydrogens is 468 g/mol. The average molecular weight is 491 g/mol. The first-order valence-corrected chi connectivity index (χ1v) is 10.9. The van der Waals surface area contributed by atoms with Crippen LogP contribution in [0.1, 0.15) is 5.56 Å². The van der Waals surface area contributed by atoms with Crippen LogP contribution in [0.3, 0.4) is 0 Å². The Morgan fingerprint density at radius 1 is 0.906 bits per heavy atom. The molecular formula is C25H23BrN4O2. The number of nitrogens with zero attached hydrogens (tertiary/aromatic N) is 3. The number of rotatable bonds is 7. The molecule has 0 atom stereocenters. The fraction of sp³-hybridized carbons (Fsp3) is 0.120. The summed E-state index contributed by atoms with van der Waals surface area (Å²) in [5.74, 6) is 1.10. The van der Waals surface area contributed by atoms with E-state index in [1.165, 1.54) is 7.11 Å². The van der Waals surface area contributed by atoms with Crippen LogP contribution in [0.25, 0.3) is 22.5 Å². The van der Waals surface area contributed by atoms with E-state index in [0.717, 1.165) is 32.6 Å². The van der Waals surface area contributed by atoms with Gasteiger partial charge in [-0.1, -0.05) is 64.5 Å². The maximum absolute atomic E-state index is 9.81. The van der Waals surface area contributed by atoms with E-state index in [0.29, 0.717) is 18.2 Å². The third-order valence-electron chi connectivity index (χ3n) is 4.99. The molecule has 0 aliphatic heterocycles. The Kier molecular flexibility index (Phi) is 6.68. The molecule has 7 heteroatoms. The van der Waals surface area contributed by atoms with Crippen molar-refractivity contribution >= 4 is 21.9 Å². The van der Waals surface area contributed by atoms with Crippen molar-refractivity contribution in [3.05, 3.63) is 88.9 Å². The second kappa shape index (κ2) is 9.80. The number of phenols is 1. The van der Waals surface area contributed by atoms with Crippen LogP contribution in [0.2, 0.25) is 0 Å². The molecule has 6 nitrogen and oxygen atoms in total. The summed E-state index contributed by atoms with van der Waals surface area (Å²) in [6, 6.07) is 25.4. The van der Waals surface area contributed by atoms with Crippen molar-refractivity contribution in [1.82, 2.24) is 15.4 Å². The Bertz CT molecular complexity index is 1200. The summed E-state index contributed by atoms with van der Waals surface area (Å²) >= 11 is 3.49. The van der Waals surface area contributed by atoms with Crippen molar-refractivity contribution in [1.29, 1.82) is 0 Å². The van der Waals surface area contributed by atoms with Gasteiger partial charge >= 0.3 is 0 Å². The summed E-state index contributed by atoms with van der Waals surface area (Å²) < 4.78 is 6.21. The van der Waals surface area contributed by atoms with E-state index in [4.69, 9.17) is 14.7 Å². The molecule has 1 heterocycles. The number of halogens is 1. The molecule has 2 N–H and O–H groups in total. The van der Waals surface area contributed by atoms with Gasteiger partial charge in [-0.25, -0.2) is 15.4 Å². The summed E-state index contributed by atoms with van der Waals surface area (Å²) in [6.45, 7) is 0.514. The van der Waals surface area contributed by atoms with Crippen molar-refractivity contribution in [3.8, 4) is 34.0 Å². The lowest BCUT2D eigenvalue weighted by molar-refractivity contribution is 0.372. The maximum Gasteiger partial charge on any atom is 0.240 e.